The number of aromatic nitrogens is 1. The van der Waals surface area contributed by atoms with Crippen LogP contribution >= 0.6 is 0 Å². The Morgan fingerprint density at radius 1 is 0.933 bits per heavy atom. The number of halogens is 3. The smallest absolute Gasteiger partial charge is 0.378 e. The third-order valence-corrected chi connectivity index (χ3v) is 6.33. The summed E-state index contributed by atoms with van der Waals surface area (Å²) < 4.78 is 43.5. The summed E-state index contributed by atoms with van der Waals surface area (Å²) in [6.45, 7) is 4.94. The van der Waals surface area contributed by atoms with Gasteiger partial charge in [0.25, 0.3) is 0 Å². The zero-order valence-corrected chi connectivity index (χ0v) is 17.8. The van der Waals surface area contributed by atoms with Crippen molar-refractivity contribution in [3.8, 4) is 0 Å². The lowest BCUT2D eigenvalue weighted by molar-refractivity contribution is -0.291. The molecule has 1 heterocycles. The summed E-state index contributed by atoms with van der Waals surface area (Å²) in [5.74, 6) is -1.18. The number of fused-ring (bicyclic) bond motifs is 1. The van der Waals surface area contributed by atoms with E-state index in [4.69, 9.17) is 0 Å². The molecule has 2 unspecified atom stereocenters. The van der Waals surface area contributed by atoms with E-state index in [-0.39, 0.29) is 5.56 Å². The van der Waals surface area contributed by atoms with Gasteiger partial charge in [-0.1, -0.05) is 51.1 Å². The Hall–Kier alpha value is -2.60. The van der Waals surface area contributed by atoms with E-state index in [0.717, 1.165) is 11.3 Å². The largest absolute Gasteiger partial charge is 0.421 e. The molecule has 30 heavy (non-hydrogen) atoms. The van der Waals surface area contributed by atoms with Crippen LogP contribution in [0.1, 0.15) is 31.9 Å². The van der Waals surface area contributed by atoms with Crippen LogP contribution < -0.4 is 4.90 Å². The van der Waals surface area contributed by atoms with E-state index in [0.29, 0.717) is 10.9 Å². The maximum Gasteiger partial charge on any atom is 0.421 e. The van der Waals surface area contributed by atoms with Gasteiger partial charge in [-0.15, -0.1) is 0 Å². The molecule has 0 fully saturated rings. The van der Waals surface area contributed by atoms with Crippen molar-refractivity contribution in [1.82, 2.24) is 4.98 Å². The highest BCUT2D eigenvalue weighted by atomic mass is 19.4. The number of para-hydroxylation sites is 1. The van der Waals surface area contributed by atoms with Gasteiger partial charge in [0.15, 0.2) is 5.60 Å². The van der Waals surface area contributed by atoms with Gasteiger partial charge < -0.3 is 10.0 Å². The van der Waals surface area contributed by atoms with Crippen molar-refractivity contribution in [1.29, 1.82) is 0 Å². The molecule has 0 aliphatic rings. The second-order valence-corrected chi connectivity index (χ2v) is 8.52. The van der Waals surface area contributed by atoms with Crippen molar-refractivity contribution in [2.75, 3.05) is 19.0 Å². The topological polar surface area (TPSA) is 36.4 Å². The average molecular weight is 416 g/mol. The Kier molecular flexibility index (Phi) is 5.58. The first-order valence-electron chi connectivity index (χ1n) is 9.82. The number of hydrogen-bond donors (Lipinski definition) is 1. The lowest BCUT2D eigenvalue weighted by Gasteiger charge is -2.45. The highest BCUT2D eigenvalue weighted by molar-refractivity contribution is 5.83. The Morgan fingerprint density at radius 3 is 2.10 bits per heavy atom. The van der Waals surface area contributed by atoms with E-state index in [1.807, 2.05) is 43.3 Å². The summed E-state index contributed by atoms with van der Waals surface area (Å²) in [6, 6.07) is 15.3. The van der Waals surface area contributed by atoms with Crippen molar-refractivity contribution >= 4 is 16.6 Å². The van der Waals surface area contributed by atoms with Crippen LogP contribution in [-0.2, 0) is 11.0 Å². The Bertz CT molecular complexity index is 1020. The van der Waals surface area contributed by atoms with Crippen molar-refractivity contribution in [2.24, 2.45) is 5.92 Å². The minimum absolute atomic E-state index is 0.175. The van der Waals surface area contributed by atoms with Gasteiger partial charge in [-0.3, -0.25) is 4.98 Å². The number of anilines is 1. The molecule has 1 aromatic heterocycles. The molecule has 3 aromatic rings. The zero-order valence-electron chi connectivity index (χ0n) is 17.8. The second-order valence-electron chi connectivity index (χ2n) is 8.52. The number of benzene rings is 2. The third kappa shape index (κ3) is 3.54. The SMILES string of the molecule is CC(C(C)(C)c1ccc(N(C)C)cc1)C(O)(c1ccnc2ccccc12)C(F)(F)F. The predicted octanol–water partition coefficient (Wildman–Crippen LogP) is 5.66. The highest BCUT2D eigenvalue weighted by Gasteiger charge is 2.62. The highest BCUT2D eigenvalue weighted by Crippen LogP contribution is 2.52. The molecule has 2 aromatic carbocycles. The van der Waals surface area contributed by atoms with Crippen LogP contribution in [0.2, 0.25) is 0 Å². The molecule has 0 aliphatic heterocycles. The lowest BCUT2D eigenvalue weighted by Crippen LogP contribution is -2.53. The standard InChI is InChI=1S/C24H27F3N2O/c1-16(22(2,3)17-10-12-18(13-11-17)29(4)5)23(30,24(25,26)27)20-14-15-28-21-9-7-6-8-19(20)21/h6-16,30H,1-5H3. The molecule has 0 aliphatic carbocycles. The van der Waals surface area contributed by atoms with Gasteiger partial charge in [-0.2, -0.15) is 13.2 Å². The van der Waals surface area contributed by atoms with Gasteiger partial charge in [0.05, 0.1) is 5.52 Å². The Labute approximate surface area is 175 Å². The Morgan fingerprint density at radius 2 is 1.53 bits per heavy atom. The fourth-order valence-electron chi connectivity index (χ4n) is 4.02. The first kappa shape index (κ1) is 22.1. The van der Waals surface area contributed by atoms with Gasteiger partial charge in [0.1, 0.15) is 0 Å². The van der Waals surface area contributed by atoms with Crippen LogP contribution in [0.5, 0.6) is 0 Å². The number of alkyl halides is 3. The molecule has 0 spiro atoms. The summed E-state index contributed by atoms with van der Waals surface area (Å²) in [7, 11) is 3.81. The molecule has 3 nitrogen and oxygen atoms in total. The molecule has 3 rings (SSSR count). The molecule has 0 amide bonds. The summed E-state index contributed by atoms with van der Waals surface area (Å²) >= 11 is 0. The van der Waals surface area contributed by atoms with Crippen LogP contribution in [0.15, 0.2) is 60.8 Å². The van der Waals surface area contributed by atoms with Gasteiger partial charge in [-0.25, -0.2) is 0 Å². The van der Waals surface area contributed by atoms with Gasteiger partial charge in [-0.05, 0) is 35.2 Å². The first-order chi connectivity index (χ1) is 13.9. The number of rotatable bonds is 5. The fourth-order valence-corrected chi connectivity index (χ4v) is 4.02. The summed E-state index contributed by atoms with van der Waals surface area (Å²) in [5.41, 5.74) is -2.11. The quantitative estimate of drug-likeness (QED) is 0.583. The Balaban J connectivity index is 2.17. The number of hydrogen-bond acceptors (Lipinski definition) is 3. The minimum Gasteiger partial charge on any atom is -0.378 e. The van der Waals surface area contributed by atoms with Crippen molar-refractivity contribution in [3.05, 3.63) is 71.9 Å². The van der Waals surface area contributed by atoms with E-state index in [2.05, 4.69) is 4.98 Å². The summed E-state index contributed by atoms with van der Waals surface area (Å²) in [5, 5.41) is 11.7. The summed E-state index contributed by atoms with van der Waals surface area (Å²) in [6.07, 6.45) is -3.56. The maximum absolute atomic E-state index is 14.5. The van der Waals surface area contributed by atoms with Crippen LogP contribution in [0, 0.1) is 5.92 Å². The van der Waals surface area contributed by atoms with E-state index < -0.39 is 23.1 Å². The van der Waals surface area contributed by atoms with Crippen LogP contribution in [0.25, 0.3) is 10.9 Å². The fraction of sp³-hybridized carbons (Fsp3) is 0.375. The van der Waals surface area contributed by atoms with Gasteiger partial charge in [0.2, 0.25) is 0 Å². The average Bonchev–Trinajstić information content (AvgIpc) is 2.71. The van der Waals surface area contributed by atoms with Crippen LogP contribution in [-0.4, -0.2) is 30.4 Å². The normalized spacial score (nSPS) is 15.6. The molecule has 6 heteroatoms. The maximum atomic E-state index is 14.5. The van der Waals surface area contributed by atoms with E-state index in [9.17, 15) is 18.3 Å². The van der Waals surface area contributed by atoms with Crippen molar-refractivity contribution in [3.63, 3.8) is 0 Å². The third-order valence-electron chi connectivity index (χ3n) is 6.33. The summed E-state index contributed by atoms with van der Waals surface area (Å²) in [4.78, 5) is 6.09. The van der Waals surface area contributed by atoms with Crippen LogP contribution in [0.3, 0.4) is 0 Å². The molecule has 160 valence electrons. The second kappa shape index (κ2) is 7.58. The first-order valence-corrected chi connectivity index (χ1v) is 9.82. The molecule has 0 saturated carbocycles. The van der Waals surface area contributed by atoms with Gasteiger partial charge in [0, 0.05) is 42.8 Å². The molecule has 0 bridgehead atoms. The number of pyridine rings is 1. The van der Waals surface area contributed by atoms with E-state index >= 15 is 0 Å². The molecule has 0 radical (unpaired) electrons. The molecular formula is C24H27F3N2O. The molecular weight excluding hydrogens is 389 g/mol. The number of nitrogens with zero attached hydrogens (tertiary/aromatic N) is 2. The zero-order chi connectivity index (χ0) is 22.3. The van der Waals surface area contributed by atoms with Crippen molar-refractivity contribution < 1.29 is 18.3 Å². The lowest BCUT2D eigenvalue weighted by atomic mass is 9.64. The van der Waals surface area contributed by atoms with Crippen LogP contribution in [0.4, 0.5) is 18.9 Å². The molecule has 2 atom stereocenters. The molecule has 1 N–H and O–H groups in total. The predicted molar refractivity (Wildman–Crippen MR) is 115 cm³/mol. The van der Waals surface area contributed by atoms with E-state index in [1.54, 1.807) is 38.1 Å². The molecule has 0 saturated heterocycles. The minimum atomic E-state index is -4.88. The van der Waals surface area contributed by atoms with Crippen molar-refractivity contribution in [2.45, 2.75) is 38.0 Å². The monoisotopic (exact) mass is 416 g/mol. The van der Waals surface area contributed by atoms with E-state index in [1.165, 1.54) is 19.2 Å². The van der Waals surface area contributed by atoms with Gasteiger partial charge >= 0.3 is 6.18 Å². The number of aliphatic hydroxyl groups is 1.